The average molecular weight is 502 g/mol. The average Bonchev–Trinajstić information content (AvgIpc) is 2.43. The third kappa shape index (κ3) is 3.26. The fourth-order valence-corrected chi connectivity index (χ4v) is 3.87. The number of aliphatic hydroxyl groups excluding tert-OH is 2. The second-order valence-corrected chi connectivity index (χ2v) is 6.29. The van der Waals surface area contributed by atoms with Gasteiger partial charge in [-0.1, -0.05) is 0 Å². The minimum absolute atomic E-state index is 0.0600. The maximum atomic E-state index is 11.5. The Morgan fingerprint density at radius 1 is 1.25 bits per heavy atom. The highest BCUT2D eigenvalue weighted by Crippen LogP contribution is 2.35. The molecule has 5 nitrogen and oxygen atoms in total. The molecule has 0 bridgehead atoms. The standard InChI is InChI=1S/C13H12I2O5/c14-9-5-8-7(6-17)4-10(18)20-12(8)11(15)13(9)19-3-1-2-16/h4-5,16-17H,1-3,6H2. The van der Waals surface area contributed by atoms with Crippen molar-refractivity contribution in [2.24, 2.45) is 0 Å². The Hall–Kier alpha value is -0.390. The van der Waals surface area contributed by atoms with Crippen molar-refractivity contribution in [2.45, 2.75) is 13.0 Å². The van der Waals surface area contributed by atoms with E-state index < -0.39 is 5.63 Å². The molecule has 0 aliphatic rings. The molecule has 0 atom stereocenters. The summed E-state index contributed by atoms with van der Waals surface area (Å²) in [6, 6.07) is 3.11. The van der Waals surface area contributed by atoms with Crippen molar-refractivity contribution in [3.63, 3.8) is 0 Å². The van der Waals surface area contributed by atoms with Crippen LogP contribution in [0.25, 0.3) is 11.0 Å². The number of ether oxygens (including phenoxy) is 1. The van der Waals surface area contributed by atoms with Crippen molar-refractivity contribution in [3.8, 4) is 5.75 Å². The predicted molar refractivity (Wildman–Crippen MR) is 91.0 cm³/mol. The Morgan fingerprint density at radius 3 is 2.65 bits per heavy atom. The molecule has 0 saturated carbocycles. The summed E-state index contributed by atoms with van der Waals surface area (Å²) in [5.74, 6) is 0.630. The summed E-state index contributed by atoms with van der Waals surface area (Å²) in [7, 11) is 0. The van der Waals surface area contributed by atoms with E-state index in [1.54, 1.807) is 0 Å². The minimum Gasteiger partial charge on any atom is -0.491 e. The fraction of sp³-hybridized carbons (Fsp3) is 0.308. The Morgan fingerprint density at radius 2 is 2.00 bits per heavy atom. The van der Waals surface area contributed by atoms with E-state index in [-0.39, 0.29) is 13.2 Å². The molecule has 0 saturated heterocycles. The maximum Gasteiger partial charge on any atom is 0.336 e. The summed E-state index contributed by atoms with van der Waals surface area (Å²) in [5.41, 5.74) is 0.456. The van der Waals surface area contributed by atoms with Gasteiger partial charge in [-0.25, -0.2) is 4.79 Å². The summed E-state index contributed by atoms with van der Waals surface area (Å²) >= 11 is 4.19. The molecular formula is C13H12I2O5. The number of halogens is 2. The molecule has 0 aliphatic heterocycles. The summed E-state index contributed by atoms with van der Waals surface area (Å²) < 4.78 is 12.4. The zero-order valence-electron chi connectivity index (χ0n) is 10.4. The van der Waals surface area contributed by atoms with E-state index in [1.807, 2.05) is 6.07 Å². The third-order valence-corrected chi connectivity index (χ3v) is 4.47. The van der Waals surface area contributed by atoms with Crippen molar-refractivity contribution < 1.29 is 19.4 Å². The molecule has 0 spiro atoms. The molecule has 7 heteroatoms. The topological polar surface area (TPSA) is 79.9 Å². The Labute approximate surface area is 142 Å². The van der Waals surface area contributed by atoms with Crippen LogP contribution in [0.5, 0.6) is 5.75 Å². The maximum absolute atomic E-state index is 11.5. The van der Waals surface area contributed by atoms with E-state index in [2.05, 4.69) is 45.2 Å². The van der Waals surface area contributed by atoms with Crippen LogP contribution in [0.15, 0.2) is 21.3 Å². The molecule has 1 heterocycles. The molecule has 2 rings (SSSR count). The van der Waals surface area contributed by atoms with E-state index >= 15 is 0 Å². The molecular weight excluding hydrogens is 490 g/mol. The number of hydrogen-bond acceptors (Lipinski definition) is 5. The van der Waals surface area contributed by atoms with Crippen LogP contribution < -0.4 is 10.4 Å². The number of benzene rings is 1. The number of fused-ring (bicyclic) bond motifs is 1. The molecule has 0 radical (unpaired) electrons. The van der Waals surface area contributed by atoms with Crippen molar-refractivity contribution in [2.75, 3.05) is 13.2 Å². The molecule has 20 heavy (non-hydrogen) atoms. The number of aliphatic hydroxyl groups is 2. The Bertz CT molecular complexity index is 680. The Balaban J connectivity index is 2.59. The van der Waals surface area contributed by atoms with Gasteiger partial charge in [0.1, 0.15) is 5.75 Å². The zero-order valence-corrected chi connectivity index (χ0v) is 14.7. The lowest BCUT2D eigenvalue weighted by atomic mass is 10.1. The van der Waals surface area contributed by atoms with E-state index in [9.17, 15) is 9.90 Å². The lowest BCUT2D eigenvalue weighted by molar-refractivity contribution is 0.232. The summed E-state index contributed by atoms with van der Waals surface area (Å²) in [6.45, 7) is 0.224. The zero-order chi connectivity index (χ0) is 14.7. The van der Waals surface area contributed by atoms with Gasteiger partial charge < -0.3 is 19.4 Å². The van der Waals surface area contributed by atoms with Crippen LogP contribution in [0, 0.1) is 7.14 Å². The first-order valence-electron chi connectivity index (χ1n) is 5.87. The SMILES string of the molecule is O=c1cc(CO)c2cc(I)c(OCCCO)c(I)c2o1. The molecule has 0 aliphatic carbocycles. The van der Waals surface area contributed by atoms with E-state index in [0.717, 1.165) is 3.57 Å². The molecule has 0 fully saturated rings. The van der Waals surface area contributed by atoms with Crippen LogP contribution in [0.1, 0.15) is 12.0 Å². The van der Waals surface area contributed by atoms with Crippen LogP contribution in [0.4, 0.5) is 0 Å². The number of hydrogen-bond donors (Lipinski definition) is 2. The first-order valence-corrected chi connectivity index (χ1v) is 8.03. The van der Waals surface area contributed by atoms with Crippen LogP contribution in [-0.2, 0) is 6.61 Å². The fourth-order valence-electron chi connectivity index (χ4n) is 1.77. The lowest BCUT2D eigenvalue weighted by Gasteiger charge is -2.12. The molecule has 0 unspecified atom stereocenters. The van der Waals surface area contributed by atoms with Crippen molar-refractivity contribution in [1.29, 1.82) is 0 Å². The predicted octanol–water partition coefficient (Wildman–Crippen LogP) is 2.26. The van der Waals surface area contributed by atoms with Gasteiger partial charge in [-0.2, -0.15) is 0 Å². The van der Waals surface area contributed by atoms with Crippen LogP contribution >= 0.6 is 45.2 Å². The second-order valence-electron chi connectivity index (χ2n) is 4.05. The summed E-state index contributed by atoms with van der Waals surface area (Å²) in [4.78, 5) is 11.5. The van der Waals surface area contributed by atoms with Gasteiger partial charge in [0.05, 0.1) is 20.4 Å². The highest BCUT2D eigenvalue weighted by molar-refractivity contribution is 14.1. The van der Waals surface area contributed by atoms with Gasteiger partial charge in [0, 0.05) is 24.5 Å². The smallest absolute Gasteiger partial charge is 0.336 e. The highest BCUT2D eigenvalue weighted by atomic mass is 127. The van der Waals surface area contributed by atoms with Gasteiger partial charge >= 0.3 is 5.63 Å². The normalized spacial score (nSPS) is 11.0. The number of rotatable bonds is 5. The lowest BCUT2D eigenvalue weighted by Crippen LogP contribution is -2.06. The third-order valence-electron chi connectivity index (χ3n) is 2.69. The van der Waals surface area contributed by atoms with Crippen molar-refractivity contribution in [1.82, 2.24) is 0 Å². The Kier molecular flexibility index (Phi) is 5.64. The molecule has 108 valence electrons. The van der Waals surface area contributed by atoms with Gasteiger partial charge in [0.25, 0.3) is 0 Å². The molecule has 0 amide bonds. The van der Waals surface area contributed by atoms with Crippen LogP contribution in [-0.4, -0.2) is 23.4 Å². The van der Waals surface area contributed by atoms with Crippen molar-refractivity contribution in [3.05, 3.63) is 35.3 Å². The van der Waals surface area contributed by atoms with Crippen LogP contribution in [0.3, 0.4) is 0 Å². The van der Waals surface area contributed by atoms with E-state index in [4.69, 9.17) is 14.3 Å². The first-order chi connectivity index (χ1) is 9.58. The molecule has 2 N–H and O–H groups in total. The van der Waals surface area contributed by atoms with Gasteiger partial charge in [0.15, 0.2) is 5.58 Å². The highest BCUT2D eigenvalue weighted by Gasteiger charge is 2.16. The molecule has 2 aromatic rings. The molecule has 1 aromatic heterocycles. The quantitative estimate of drug-likeness (QED) is 0.373. The molecule has 1 aromatic carbocycles. The van der Waals surface area contributed by atoms with Gasteiger partial charge in [-0.15, -0.1) is 0 Å². The van der Waals surface area contributed by atoms with Gasteiger partial charge in [-0.3, -0.25) is 0 Å². The minimum atomic E-state index is -0.498. The van der Waals surface area contributed by atoms with Crippen LogP contribution in [0.2, 0.25) is 0 Å². The summed E-state index contributed by atoms with van der Waals surface area (Å²) in [5, 5.41) is 18.8. The largest absolute Gasteiger partial charge is 0.491 e. The first kappa shape index (κ1) is 16.0. The van der Waals surface area contributed by atoms with Crippen molar-refractivity contribution >= 4 is 56.2 Å². The monoisotopic (exact) mass is 502 g/mol. The van der Waals surface area contributed by atoms with Gasteiger partial charge in [0.2, 0.25) is 0 Å². The van der Waals surface area contributed by atoms with E-state index in [1.165, 1.54) is 6.07 Å². The van der Waals surface area contributed by atoms with Gasteiger partial charge in [-0.05, 0) is 56.8 Å². The second kappa shape index (κ2) is 7.05. The van der Waals surface area contributed by atoms with E-state index in [0.29, 0.717) is 38.9 Å². The summed E-state index contributed by atoms with van der Waals surface area (Å²) in [6.07, 6.45) is 0.533.